The van der Waals surface area contributed by atoms with Crippen molar-refractivity contribution < 1.29 is 8.42 Å². The van der Waals surface area contributed by atoms with Crippen LogP contribution in [0.4, 0.5) is 11.4 Å². The molecule has 6 nitrogen and oxygen atoms in total. The van der Waals surface area contributed by atoms with Crippen LogP contribution in [0.15, 0.2) is 39.4 Å². The summed E-state index contributed by atoms with van der Waals surface area (Å²) in [5, 5.41) is 5.15. The van der Waals surface area contributed by atoms with Gasteiger partial charge in [0.05, 0.1) is 5.69 Å². The number of fused-ring (bicyclic) bond motifs is 2. The number of anilines is 2. The summed E-state index contributed by atoms with van der Waals surface area (Å²) in [5.74, 6) is 0. The van der Waals surface area contributed by atoms with E-state index in [1.807, 2.05) is 12.1 Å². The predicted molar refractivity (Wildman–Crippen MR) is 90.2 cm³/mol. The van der Waals surface area contributed by atoms with Gasteiger partial charge >= 0.3 is 0 Å². The van der Waals surface area contributed by atoms with E-state index in [1.165, 1.54) is 16.9 Å². The molecule has 0 amide bonds. The second-order valence-electron chi connectivity index (χ2n) is 4.92. The molecule has 1 aromatic carbocycles. The number of benzene rings is 1. The molecule has 0 atom stereocenters. The SMILES string of the molecule is O=S(=O)(Nc1ccc2c(c1)NCC2)c1c(Br)nc2sccn12. The molecule has 114 valence electrons. The van der Waals surface area contributed by atoms with E-state index in [2.05, 4.69) is 31.0 Å². The maximum absolute atomic E-state index is 12.7. The number of nitrogens with one attached hydrogen (secondary N) is 2. The van der Waals surface area contributed by atoms with E-state index in [9.17, 15) is 8.42 Å². The van der Waals surface area contributed by atoms with Gasteiger partial charge in [0.1, 0.15) is 4.60 Å². The van der Waals surface area contributed by atoms with Gasteiger partial charge in [0, 0.05) is 23.8 Å². The van der Waals surface area contributed by atoms with Crippen molar-refractivity contribution in [2.45, 2.75) is 11.4 Å². The number of hydrogen-bond donors (Lipinski definition) is 2. The fourth-order valence-corrected chi connectivity index (χ4v) is 5.63. The highest BCUT2D eigenvalue weighted by molar-refractivity contribution is 9.10. The second kappa shape index (κ2) is 4.97. The highest BCUT2D eigenvalue weighted by atomic mass is 79.9. The number of sulfonamides is 1. The van der Waals surface area contributed by atoms with Crippen molar-refractivity contribution in [2.24, 2.45) is 0 Å². The number of nitrogens with zero attached hydrogens (tertiary/aromatic N) is 2. The van der Waals surface area contributed by atoms with Crippen LogP contribution in [0, 0.1) is 0 Å². The zero-order valence-electron chi connectivity index (χ0n) is 11.2. The third kappa shape index (κ3) is 2.20. The van der Waals surface area contributed by atoms with Crippen molar-refractivity contribution in [2.75, 3.05) is 16.6 Å². The van der Waals surface area contributed by atoms with Crippen LogP contribution in [0.2, 0.25) is 0 Å². The van der Waals surface area contributed by atoms with Gasteiger partial charge in [-0.3, -0.25) is 9.12 Å². The molecule has 22 heavy (non-hydrogen) atoms. The molecule has 9 heteroatoms. The van der Waals surface area contributed by atoms with Crippen molar-refractivity contribution in [3.05, 3.63) is 39.9 Å². The first-order valence-corrected chi connectivity index (χ1v) is 9.71. The number of imidazole rings is 1. The van der Waals surface area contributed by atoms with Gasteiger partial charge in [0.25, 0.3) is 10.0 Å². The van der Waals surface area contributed by atoms with E-state index in [4.69, 9.17) is 0 Å². The van der Waals surface area contributed by atoms with Crippen LogP contribution in [0.5, 0.6) is 0 Å². The normalized spacial score (nSPS) is 14.0. The van der Waals surface area contributed by atoms with Gasteiger partial charge in [-0.15, -0.1) is 11.3 Å². The fraction of sp³-hybridized carbons (Fsp3) is 0.154. The third-order valence-electron chi connectivity index (χ3n) is 3.50. The fourth-order valence-electron chi connectivity index (χ4n) is 2.54. The van der Waals surface area contributed by atoms with Crippen LogP contribution < -0.4 is 10.0 Å². The molecule has 4 rings (SSSR count). The highest BCUT2D eigenvalue weighted by Crippen LogP contribution is 2.30. The van der Waals surface area contributed by atoms with Crippen LogP contribution >= 0.6 is 27.3 Å². The Morgan fingerprint density at radius 3 is 3.14 bits per heavy atom. The first-order chi connectivity index (χ1) is 10.5. The van der Waals surface area contributed by atoms with Crippen molar-refractivity contribution in [3.63, 3.8) is 0 Å². The molecule has 0 saturated heterocycles. The minimum Gasteiger partial charge on any atom is -0.384 e. The highest BCUT2D eigenvalue weighted by Gasteiger charge is 2.25. The van der Waals surface area contributed by atoms with Crippen LogP contribution in [0.1, 0.15) is 5.56 Å². The van der Waals surface area contributed by atoms with Gasteiger partial charge in [-0.2, -0.15) is 8.42 Å². The molecule has 2 N–H and O–H groups in total. The summed E-state index contributed by atoms with van der Waals surface area (Å²) >= 11 is 4.61. The molecule has 0 bridgehead atoms. The Kier molecular flexibility index (Phi) is 3.17. The van der Waals surface area contributed by atoms with Gasteiger partial charge in [-0.1, -0.05) is 6.07 Å². The number of hydrogen-bond acceptors (Lipinski definition) is 5. The number of halogens is 1. The summed E-state index contributed by atoms with van der Waals surface area (Å²) < 4.78 is 29.8. The van der Waals surface area contributed by atoms with Crippen LogP contribution in [0.25, 0.3) is 4.96 Å². The van der Waals surface area contributed by atoms with Crippen molar-refractivity contribution >= 4 is 53.6 Å². The lowest BCUT2D eigenvalue weighted by Gasteiger charge is -2.09. The van der Waals surface area contributed by atoms with Gasteiger partial charge < -0.3 is 5.32 Å². The first-order valence-electron chi connectivity index (χ1n) is 6.55. The smallest absolute Gasteiger partial charge is 0.280 e. The molecule has 0 aliphatic carbocycles. The van der Waals surface area contributed by atoms with Crippen molar-refractivity contribution in [1.82, 2.24) is 9.38 Å². The average molecular weight is 399 g/mol. The monoisotopic (exact) mass is 398 g/mol. The minimum absolute atomic E-state index is 0.109. The lowest BCUT2D eigenvalue weighted by Crippen LogP contribution is -2.15. The van der Waals surface area contributed by atoms with E-state index in [-0.39, 0.29) is 5.03 Å². The lowest BCUT2D eigenvalue weighted by molar-refractivity contribution is 0.596. The molecule has 0 spiro atoms. The van der Waals surface area contributed by atoms with Crippen LogP contribution in [-0.4, -0.2) is 24.3 Å². The van der Waals surface area contributed by atoms with Crippen molar-refractivity contribution in [3.8, 4) is 0 Å². The second-order valence-corrected chi connectivity index (χ2v) is 8.14. The van der Waals surface area contributed by atoms with Gasteiger partial charge in [-0.25, -0.2) is 4.98 Å². The Hall–Kier alpha value is -1.58. The number of aromatic nitrogens is 2. The largest absolute Gasteiger partial charge is 0.384 e. The molecule has 3 aromatic rings. The standard InChI is InChI=1S/C13H11BrN4O2S2/c14-11-12(18-5-6-21-13(18)16-11)22(19,20)17-9-2-1-8-3-4-15-10(8)7-9/h1-2,5-7,15,17H,3-4H2. The van der Waals surface area contributed by atoms with Crippen LogP contribution in [0.3, 0.4) is 0 Å². The zero-order valence-corrected chi connectivity index (χ0v) is 14.4. The van der Waals surface area contributed by atoms with Crippen LogP contribution in [-0.2, 0) is 16.4 Å². The lowest BCUT2D eigenvalue weighted by atomic mass is 10.1. The van der Waals surface area contributed by atoms with E-state index in [1.54, 1.807) is 22.0 Å². The molecular formula is C13H11BrN4O2S2. The summed E-state index contributed by atoms with van der Waals surface area (Å²) in [4.78, 5) is 4.83. The van der Waals surface area contributed by atoms with Gasteiger partial charge in [-0.05, 0) is 40.0 Å². The topological polar surface area (TPSA) is 75.5 Å². The quantitative estimate of drug-likeness (QED) is 0.710. The van der Waals surface area contributed by atoms with Gasteiger partial charge in [0.15, 0.2) is 9.99 Å². The van der Waals surface area contributed by atoms with E-state index in [0.717, 1.165) is 18.7 Å². The Morgan fingerprint density at radius 2 is 2.27 bits per heavy atom. The minimum atomic E-state index is -3.73. The maximum atomic E-state index is 12.7. The molecule has 0 radical (unpaired) electrons. The number of thiazole rings is 1. The summed E-state index contributed by atoms with van der Waals surface area (Å²) in [6.07, 6.45) is 2.66. The predicted octanol–water partition coefficient (Wildman–Crippen LogP) is 2.93. The van der Waals surface area contributed by atoms with Gasteiger partial charge in [0.2, 0.25) is 0 Å². The molecule has 0 fully saturated rings. The molecule has 1 aliphatic heterocycles. The molecule has 3 heterocycles. The molecule has 1 aliphatic rings. The molecule has 2 aromatic heterocycles. The summed E-state index contributed by atoms with van der Waals surface area (Å²) in [7, 11) is -3.73. The van der Waals surface area contributed by atoms with E-state index in [0.29, 0.717) is 15.3 Å². The Bertz CT molecular complexity index is 977. The Labute approximate surface area is 139 Å². The van der Waals surface area contributed by atoms with Crippen molar-refractivity contribution in [1.29, 1.82) is 0 Å². The van der Waals surface area contributed by atoms with E-state index < -0.39 is 10.0 Å². The maximum Gasteiger partial charge on any atom is 0.280 e. The average Bonchev–Trinajstić information content (AvgIpc) is 3.11. The summed E-state index contributed by atoms with van der Waals surface area (Å²) in [5.41, 5.74) is 2.71. The number of rotatable bonds is 3. The Morgan fingerprint density at radius 1 is 1.41 bits per heavy atom. The zero-order chi connectivity index (χ0) is 15.3. The molecule has 0 saturated carbocycles. The molecule has 0 unspecified atom stereocenters. The third-order valence-corrected chi connectivity index (χ3v) is 6.48. The molecular weight excluding hydrogens is 388 g/mol. The van der Waals surface area contributed by atoms with E-state index >= 15 is 0 Å². The summed E-state index contributed by atoms with van der Waals surface area (Å²) in [6, 6.07) is 5.54. The first kappa shape index (κ1) is 14.0. The summed E-state index contributed by atoms with van der Waals surface area (Å²) in [6.45, 7) is 0.884. The Balaban J connectivity index is 1.75.